The molecule has 2 rings (SSSR count). The van der Waals surface area contributed by atoms with Crippen molar-refractivity contribution < 1.29 is 29.0 Å². The smallest absolute Gasteiger partial charge is 0.478 e. The molecular formula is C16H17NO6. The molecule has 0 spiro atoms. The fourth-order valence-corrected chi connectivity index (χ4v) is 2.29. The van der Waals surface area contributed by atoms with Crippen LogP contribution in [0.1, 0.15) is 12.5 Å². The molecular weight excluding hydrogens is 302 g/mol. The molecule has 2 N–H and O–H groups in total. The lowest BCUT2D eigenvalue weighted by Gasteiger charge is -2.39. The zero-order valence-corrected chi connectivity index (χ0v) is 12.5. The summed E-state index contributed by atoms with van der Waals surface area (Å²) in [5.74, 6) is -2.39. The monoisotopic (exact) mass is 319 g/mol. The largest absolute Gasteiger partial charge is 0.508 e. The summed E-state index contributed by atoms with van der Waals surface area (Å²) in [4.78, 5) is 34.2. The first-order chi connectivity index (χ1) is 10.9. The Kier molecular flexibility index (Phi) is 5.00. The lowest BCUT2D eigenvalue weighted by molar-refractivity contribution is -0.142. The fraction of sp³-hybridized carbons (Fsp3) is 0.312. The molecule has 7 heteroatoms. The fourth-order valence-electron chi connectivity index (χ4n) is 2.29. The van der Waals surface area contributed by atoms with Crippen molar-refractivity contribution in [2.75, 3.05) is 0 Å². The van der Waals surface area contributed by atoms with Crippen LogP contribution in [0.3, 0.4) is 0 Å². The van der Waals surface area contributed by atoms with E-state index in [2.05, 4.69) is 11.9 Å². The maximum Gasteiger partial charge on any atom is 0.508 e. The van der Waals surface area contributed by atoms with Crippen molar-refractivity contribution in [2.24, 2.45) is 5.92 Å². The Labute approximate surface area is 132 Å². The number of ether oxygens (including phenoxy) is 2. The molecule has 1 aliphatic rings. The Hall–Kier alpha value is -2.83. The summed E-state index contributed by atoms with van der Waals surface area (Å²) < 4.78 is 10.0. The van der Waals surface area contributed by atoms with Crippen molar-refractivity contribution in [3.8, 4) is 0 Å². The second-order valence-electron chi connectivity index (χ2n) is 5.19. The summed E-state index contributed by atoms with van der Waals surface area (Å²) in [7, 11) is 0. The van der Waals surface area contributed by atoms with Gasteiger partial charge in [-0.2, -0.15) is 0 Å². The average Bonchev–Trinajstić information content (AvgIpc) is 2.50. The number of benzene rings is 1. The van der Waals surface area contributed by atoms with E-state index < -0.39 is 30.2 Å². The Morgan fingerprint density at radius 2 is 2.00 bits per heavy atom. The van der Waals surface area contributed by atoms with E-state index in [0.717, 1.165) is 5.56 Å². The van der Waals surface area contributed by atoms with Crippen molar-refractivity contribution in [1.82, 2.24) is 5.32 Å². The average molecular weight is 319 g/mol. The summed E-state index contributed by atoms with van der Waals surface area (Å²) in [6.45, 7) is 4.97. The van der Waals surface area contributed by atoms with Gasteiger partial charge in [-0.3, -0.25) is 4.79 Å². The van der Waals surface area contributed by atoms with Gasteiger partial charge >= 0.3 is 12.1 Å². The molecule has 1 aromatic carbocycles. The molecule has 7 nitrogen and oxygen atoms in total. The van der Waals surface area contributed by atoms with Gasteiger partial charge in [0.2, 0.25) is 5.91 Å². The van der Waals surface area contributed by atoms with E-state index in [0.29, 0.717) is 0 Å². The minimum Gasteiger partial charge on any atom is -0.478 e. The van der Waals surface area contributed by atoms with Gasteiger partial charge in [0.1, 0.15) is 12.7 Å². The van der Waals surface area contributed by atoms with Crippen LogP contribution in [-0.2, 0) is 25.7 Å². The van der Waals surface area contributed by atoms with Crippen molar-refractivity contribution in [2.45, 2.75) is 25.7 Å². The van der Waals surface area contributed by atoms with E-state index in [1.165, 1.54) is 6.92 Å². The maximum atomic E-state index is 11.7. The van der Waals surface area contributed by atoms with Gasteiger partial charge < -0.3 is 19.9 Å². The molecule has 1 aliphatic heterocycles. The molecule has 0 aromatic heterocycles. The van der Waals surface area contributed by atoms with Crippen LogP contribution in [0.4, 0.5) is 4.79 Å². The molecule has 1 aromatic rings. The molecule has 0 bridgehead atoms. The predicted molar refractivity (Wildman–Crippen MR) is 79.4 cm³/mol. The minimum absolute atomic E-state index is 0.0501. The van der Waals surface area contributed by atoms with Crippen LogP contribution < -0.4 is 5.32 Å². The number of aliphatic carboxylic acids is 1. The number of carbonyl (C=O) groups is 3. The van der Waals surface area contributed by atoms with E-state index >= 15 is 0 Å². The second kappa shape index (κ2) is 6.95. The Morgan fingerprint density at radius 3 is 2.57 bits per heavy atom. The lowest BCUT2D eigenvalue weighted by Crippen LogP contribution is -2.63. The Bertz CT molecular complexity index is 627. The normalized spacial score (nSPS) is 20.7. The van der Waals surface area contributed by atoms with E-state index in [1.807, 2.05) is 18.2 Å². The summed E-state index contributed by atoms with van der Waals surface area (Å²) in [5, 5.41) is 11.3. The van der Waals surface area contributed by atoms with E-state index in [1.54, 1.807) is 12.1 Å². The van der Waals surface area contributed by atoms with Gasteiger partial charge in [-0.25, -0.2) is 9.59 Å². The molecule has 0 saturated carbocycles. The highest BCUT2D eigenvalue weighted by atomic mass is 16.7. The summed E-state index contributed by atoms with van der Waals surface area (Å²) in [6.07, 6.45) is -1.74. The number of hydrogen-bond donors (Lipinski definition) is 2. The van der Waals surface area contributed by atoms with Gasteiger partial charge in [-0.05, 0) is 12.5 Å². The SMILES string of the molecule is C=C(C(=O)O)[C@H]1NC(=O)[C@@H]1[C@@H](C)OC(=O)OCc1ccccc1. The van der Waals surface area contributed by atoms with Gasteiger partial charge in [-0.1, -0.05) is 36.9 Å². The Morgan fingerprint density at radius 1 is 1.35 bits per heavy atom. The molecule has 3 atom stereocenters. The standard InChI is InChI=1S/C16H17NO6/c1-9(15(19)20)13-12(14(18)17-13)10(2)23-16(21)22-8-11-6-4-3-5-7-11/h3-7,10,12-13H,1,8H2,2H3,(H,17,18)(H,19,20)/t10-,12-,13-/m1/s1. The number of carbonyl (C=O) groups excluding carboxylic acids is 2. The molecule has 1 fully saturated rings. The number of amides is 1. The van der Waals surface area contributed by atoms with Gasteiger partial charge in [0.05, 0.1) is 17.5 Å². The van der Waals surface area contributed by atoms with Crippen LogP contribution in [0.15, 0.2) is 42.5 Å². The molecule has 1 heterocycles. The van der Waals surface area contributed by atoms with Crippen LogP contribution in [-0.4, -0.2) is 35.3 Å². The Balaban J connectivity index is 1.86. The van der Waals surface area contributed by atoms with Crippen LogP contribution in [0.5, 0.6) is 0 Å². The van der Waals surface area contributed by atoms with E-state index in [-0.39, 0.29) is 18.1 Å². The number of rotatable bonds is 6. The highest BCUT2D eigenvalue weighted by molar-refractivity contribution is 5.95. The first kappa shape index (κ1) is 16.5. The topological polar surface area (TPSA) is 102 Å². The summed E-state index contributed by atoms with van der Waals surface area (Å²) in [6, 6.07) is 8.30. The van der Waals surface area contributed by atoms with Gasteiger partial charge in [0.15, 0.2) is 0 Å². The van der Waals surface area contributed by atoms with Crippen molar-refractivity contribution in [1.29, 1.82) is 0 Å². The number of carboxylic acids is 1. The van der Waals surface area contributed by atoms with Crippen molar-refractivity contribution >= 4 is 18.0 Å². The van der Waals surface area contributed by atoms with E-state index in [4.69, 9.17) is 14.6 Å². The number of hydrogen-bond acceptors (Lipinski definition) is 5. The molecule has 122 valence electrons. The molecule has 0 aliphatic carbocycles. The third-order valence-corrected chi connectivity index (χ3v) is 3.60. The first-order valence-electron chi connectivity index (χ1n) is 7.00. The van der Waals surface area contributed by atoms with Gasteiger partial charge in [0, 0.05) is 0 Å². The molecule has 1 amide bonds. The third kappa shape index (κ3) is 3.88. The third-order valence-electron chi connectivity index (χ3n) is 3.60. The zero-order valence-electron chi connectivity index (χ0n) is 12.5. The van der Waals surface area contributed by atoms with Gasteiger partial charge in [-0.15, -0.1) is 0 Å². The quantitative estimate of drug-likeness (QED) is 0.468. The van der Waals surface area contributed by atoms with Crippen molar-refractivity contribution in [3.05, 3.63) is 48.0 Å². The predicted octanol–water partition coefficient (Wildman–Crippen LogP) is 1.48. The molecule has 1 saturated heterocycles. The van der Waals surface area contributed by atoms with Crippen LogP contribution in [0.2, 0.25) is 0 Å². The summed E-state index contributed by atoms with van der Waals surface area (Å²) in [5.41, 5.74) is 0.651. The van der Waals surface area contributed by atoms with E-state index in [9.17, 15) is 14.4 Å². The number of nitrogens with one attached hydrogen (secondary N) is 1. The second-order valence-corrected chi connectivity index (χ2v) is 5.19. The first-order valence-corrected chi connectivity index (χ1v) is 7.00. The molecule has 0 radical (unpaired) electrons. The maximum absolute atomic E-state index is 11.7. The molecule has 0 unspecified atom stereocenters. The molecule has 23 heavy (non-hydrogen) atoms. The van der Waals surface area contributed by atoms with Crippen molar-refractivity contribution in [3.63, 3.8) is 0 Å². The number of β-lactam (4-membered cyclic amide) rings is 1. The zero-order chi connectivity index (χ0) is 17.0. The minimum atomic E-state index is -1.21. The highest BCUT2D eigenvalue weighted by Crippen LogP contribution is 2.26. The van der Waals surface area contributed by atoms with Crippen LogP contribution in [0, 0.1) is 5.92 Å². The number of carboxylic acid groups (broad SMARTS) is 1. The lowest BCUT2D eigenvalue weighted by atomic mass is 9.82. The highest BCUT2D eigenvalue weighted by Gasteiger charge is 2.47. The van der Waals surface area contributed by atoms with Crippen LogP contribution in [0.25, 0.3) is 0 Å². The van der Waals surface area contributed by atoms with Crippen LogP contribution >= 0.6 is 0 Å². The van der Waals surface area contributed by atoms with Gasteiger partial charge in [0.25, 0.3) is 0 Å². The summed E-state index contributed by atoms with van der Waals surface area (Å²) >= 11 is 0.